The van der Waals surface area contributed by atoms with E-state index in [0.717, 1.165) is 49.7 Å². The summed E-state index contributed by atoms with van der Waals surface area (Å²) in [6, 6.07) is 23.0. The lowest BCUT2D eigenvalue weighted by atomic mass is 10.1. The van der Waals surface area contributed by atoms with Gasteiger partial charge in [0, 0.05) is 44.8 Å². The summed E-state index contributed by atoms with van der Waals surface area (Å²) in [5, 5.41) is 13.3. The standard InChI is InChI=1S/C28H33N3O4/c1-34-24-10-6-8-22(18-24)26(32)19-29-28(33)23-9-5-7-21(17-23)20-30-13-15-31(16-14-30)25-11-3-4-12-27(25)35-2/h3-12,17-18,26,32H,13-16,19-20H2,1-2H3,(H,29,33). The molecule has 1 fully saturated rings. The maximum atomic E-state index is 12.7. The lowest BCUT2D eigenvalue weighted by Crippen LogP contribution is -2.46. The Morgan fingerprint density at radius 3 is 2.49 bits per heavy atom. The molecule has 0 bridgehead atoms. The van der Waals surface area contributed by atoms with Crippen molar-refractivity contribution in [3.8, 4) is 11.5 Å². The van der Waals surface area contributed by atoms with Crippen LogP contribution in [-0.2, 0) is 6.54 Å². The molecule has 1 atom stereocenters. The number of aliphatic hydroxyl groups is 1. The Hall–Kier alpha value is -3.55. The third-order valence-corrected chi connectivity index (χ3v) is 6.33. The van der Waals surface area contributed by atoms with Gasteiger partial charge in [-0.2, -0.15) is 0 Å². The third kappa shape index (κ3) is 6.32. The van der Waals surface area contributed by atoms with Gasteiger partial charge in [-0.1, -0.05) is 36.4 Å². The zero-order chi connectivity index (χ0) is 24.6. The molecule has 0 aromatic heterocycles. The van der Waals surface area contributed by atoms with Crippen molar-refractivity contribution in [2.45, 2.75) is 12.6 Å². The van der Waals surface area contributed by atoms with Gasteiger partial charge in [-0.25, -0.2) is 0 Å². The summed E-state index contributed by atoms with van der Waals surface area (Å²) in [5.74, 6) is 1.37. The number of benzene rings is 3. The molecule has 4 rings (SSSR count). The van der Waals surface area contributed by atoms with E-state index in [4.69, 9.17) is 9.47 Å². The van der Waals surface area contributed by atoms with Crippen LogP contribution in [0.3, 0.4) is 0 Å². The molecule has 1 amide bonds. The van der Waals surface area contributed by atoms with Crippen LogP contribution in [0.1, 0.15) is 27.6 Å². The first kappa shape index (κ1) is 24.6. The largest absolute Gasteiger partial charge is 0.497 e. The zero-order valence-electron chi connectivity index (χ0n) is 20.3. The molecule has 1 aliphatic heterocycles. The fourth-order valence-corrected chi connectivity index (χ4v) is 4.37. The molecule has 1 saturated heterocycles. The molecule has 0 radical (unpaired) electrons. The third-order valence-electron chi connectivity index (χ3n) is 6.33. The van der Waals surface area contributed by atoms with Crippen LogP contribution in [-0.4, -0.2) is 62.9 Å². The molecule has 3 aromatic carbocycles. The number of nitrogens with one attached hydrogen (secondary N) is 1. The van der Waals surface area contributed by atoms with E-state index >= 15 is 0 Å². The average molecular weight is 476 g/mol. The van der Waals surface area contributed by atoms with Crippen molar-refractivity contribution in [3.05, 3.63) is 89.5 Å². The topological polar surface area (TPSA) is 74.3 Å². The van der Waals surface area contributed by atoms with Crippen LogP contribution in [0.2, 0.25) is 0 Å². The minimum atomic E-state index is -0.809. The molecule has 184 valence electrons. The van der Waals surface area contributed by atoms with Crippen LogP contribution < -0.4 is 19.7 Å². The Balaban J connectivity index is 1.30. The second kappa shape index (κ2) is 11.7. The van der Waals surface area contributed by atoms with E-state index in [-0.39, 0.29) is 12.5 Å². The van der Waals surface area contributed by atoms with Crippen LogP contribution in [0.15, 0.2) is 72.8 Å². The van der Waals surface area contributed by atoms with Gasteiger partial charge in [-0.3, -0.25) is 9.69 Å². The number of rotatable bonds is 9. The highest BCUT2D eigenvalue weighted by Gasteiger charge is 2.20. The quantitative estimate of drug-likeness (QED) is 0.494. The first-order valence-electron chi connectivity index (χ1n) is 11.9. The minimum Gasteiger partial charge on any atom is -0.497 e. The second-order valence-corrected chi connectivity index (χ2v) is 8.64. The van der Waals surface area contributed by atoms with Gasteiger partial charge in [0.05, 0.1) is 26.0 Å². The lowest BCUT2D eigenvalue weighted by molar-refractivity contribution is 0.0916. The summed E-state index contributed by atoms with van der Waals surface area (Å²) in [6.07, 6.45) is -0.809. The summed E-state index contributed by atoms with van der Waals surface area (Å²) in [6.45, 7) is 4.61. The monoisotopic (exact) mass is 475 g/mol. The van der Waals surface area contributed by atoms with Gasteiger partial charge in [0.2, 0.25) is 0 Å². The summed E-state index contributed by atoms with van der Waals surface area (Å²) >= 11 is 0. The molecule has 7 nitrogen and oxygen atoms in total. The number of ether oxygens (including phenoxy) is 2. The van der Waals surface area contributed by atoms with Gasteiger partial charge >= 0.3 is 0 Å². The molecule has 3 aromatic rings. The van der Waals surface area contributed by atoms with Gasteiger partial charge in [-0.15, -0.1) is 0 Å². The zero-order valence-corrected chi connectivity index (χ0v) is 20.3. The van der Waals surface area contributed by atoms with Gasteiger partial charge in [0.15, 0.2) is 0 Å². The number of anilines is 1. The van der Waals surface area contributed by atoms with Crippen molar-refractivity contribution in [1.82, 2.24) is 10.2 Å². The van der Waals surface area contributed by atoms with Crippen molar-refractivity contribution in [2.24, 2.45) is 0 Å². The number of hydrogen-bond acceptors (Lipinski definition) is 6. The SMILES string of the molecule is COc1cccc(C(O)CNC(=O)c2cccc(CN3CCN(c4ccccc4OC)CC3)c2)c1. The molecule has 0 saturated carbocycles. The predicted molar refractivity (Wildman–Crippen MR) is 137 cm³/mol. The number of para-hydroxylation sites is 2. The average Bonchev–Trinajstić information content (AvgIpc) is 2.92. The van der Waals surface area contributed by atoms with Crippen LogP contribution in [0.5, 0.6) is 11.5 Å². The van der Waals surface area contributed by atoms with E-state index in [1.54, 1.807) is 26.4 Å². The van der Waals surface area contributed by atoms with Crippen molar-refractivity contribution >= 4 is 11.6 Å². The first-order chi connectivity index (χ1) is 17.1. The number of amides is 1. The molecule has 1 unspecified atom stereocenters. The fraction of sp³-hybridized carbons (Fsp3) is 0.321. The van der Waals surface area contributed by atoms with Gasteiger partial charge in [-0.05, 0) is 47.5 Å². The van der Waals surface area contributed by atoms with E-state index in [1.807, 2.05) is 48.5 Å². The van der Waals surface area contributed by atoms with E-state index in [0.29, 0.717) is 16.9 Å². The van der Waals surface area contributed by atoms with Crippen molar-refractivity contribution in [1.29, 1.82) is 0 Å². The highest BCUT2D eigenvalue weighted by atomic mass is 16.5. The van der Waals surface area contributed by atoms with Crippen molar-refractivity contribution in [2.75, 3.05) is 51.8 Å². The number of methoxy groups -OCH3 is 2. The molecule has 2 N–H and O–H groups in total. The normalized spacial score (nSPS) is 14.9. The Morgan fingerprint density at radius 1 is 0.943 bits per heavy atom. The van der Waals surface area contributed by atoms with Crippen LogP contribution in [0, 0.1) is 0 Å². The number of hydrogen-bond donors (Lipinski definition) is 2. The second-order valence-electron chi connectivity index (χ2n) is 8.64. The minimum absolute atomic E-state index is 0.126. The first-order valence-corrected chi connectivity index (χ1v) is 11.9. The molecule has 1 heterocycles. The number of carbonyl (C=O) groups excluding carboxylic acids is 1. The van der Waals surface area contributed by atoms with Crippen molar-refractivity contribution in [3.63, 3.8) is 0 Å². The molecule has 1 aliphatic rings. The number of carbonyl (C=O) groups is 1. The maximum absolute atomic E-state index is 12.7. The van der Waals surface area contributed by atoms with Crippen molar-refractivity contribution < 1.29 is 19.4 Å². The smallest absolute Gasteiger partial charge is 0.251 e. The molecule has 7 heteroatoms. The summed E-state index contributed by atoms with van der Waals surface area (Å²) < 4.78 is 10.7. The Kier molecular flexibility index (Phi) is 8.23. The van der Waals surface area contributed by atoms with E-state index < -0.39 is 6.10 Å². The predicted octanol–water partition coefficient (Wildman–Crippen LogP) is 3.49. The Morgan fingerprint density at radius 2 is 1.71 bits per heavy atom. The maximum Gasteiger partial charge on any atom is 0.251 e. The van der Waals surface area contributed by atoms with Crippen LogP contribution >= 0.6 is 0 Å². The van der Waals surface area contributed by atoms with Gasteiger partial charge < -0.3 is 24.8 Å². The van der Waals surface area contributed by atoms with E-state index in [9.17, 15) is 9.90 Å². The molecule has 35 heavy (non-hydrogen) atoms. The Labute approximate surface area is 206 Å². The number of nitrogens with zero attached hydrogens (tertiary/aromatic N) is 2. The lowest BCUT2D eigenvalue weighted by Gasteiger charge is -2.36. The number of aliphatic hydroxyl groups excluding tert-OH is 1. The van der Waals surface area contributed by atoms with Crippen LogP contribution in [0.4, 0.5) is 5.69 Å². The molecular weight excluding hydrogens is 442 g/mol. The van der Waals surface area contributed by atoms with Gasteiger partial charge in [0.25, 0.3) is 5.91 Å². The number of piperazine rings is 1. The molecule has 0 spiro atoms. The van der Waals surface area contributed by atoms with Gasteiger partial charge in [0.1, 0.15) is 11.5 Å². The summed E-state index contributed by atoms with van der Waals surface area (Å²) in [4.78, 5) is 17.5. The summed E-state index contributed by atoms with van der Waals surface area (Å²) in [5.41, 5.74) is 3.51. The van der Waals surface area contributed by atoms with E-state index in [2.05, 4.69) is 27.2 Å². The highest BCUT2D eigenvalue weighted by Crippen LogP contribution is 2.28. The van der Waals surface area contributed by atoms with E-state index in [1.165, 1.54) is 0 Å². The Bertz CT molecular complexity index is 1130. The molecule has 0 aliphatic carbocycles. The summed E-state index contributed by atoms with van der Waals surface area (Å²) in [7, 11) is 3.29. The molecular formula is C28H33N3O4. The van der Waals surface area contributed by atoms with Crippen LogP contribution in [0.25, 0.3) is 0 Å². The highest BCUT2D eigenvalue weighted by molar-refractivity contribution is 5.94. The fourth-order valence-electron chi connectivity index (χ4n) is 4.37.